The van der Waals surface area contributed by atoms with E-state index < -0.39 is 27.5 Å². The number of hydrogen-bond acceptors (Lipinski definition) is 3. The number of halogens is 2. The Morgan fingerprint density at radius 2 is 1.74 bits per heavy atom. The van der Waals surface area contributed by atoms with Gasteiger partial charge in [-0.25, -0.2) is 8.78 Å². The topological polar surface area (TPSA) is 43.4 Å². The molecule has 0 amide bonds. The molecule has 0 aromatic heterocycles. The predicted octanol–water partition coefficient (Wildman–Crippen LogP) is 3.04. The van der Waals surface area contributed by atoms with E-state index in [1.165, 1.54) is 31.2 Å². The van der Waals surface area contributed by atoms with E-state index in [4.69, 9.17) is 0 Å². The van der Waals surface area contributed by atoms with Gasteiger partial charge in [-0.1, -0.05) is 18.2 Å². The third-order valence-corrected chi connectivity index (χ3v) is 3.83. The molecule has 0 atom stereocenters. The fourth-order valence-corrected chi connectivity index (χ4v) is 2.70. The summed E-state index contributed by atoms with van der Waals surface area (Å²) in [5.41, 5.74) is 0.317. The second-order valence-corrected chi connectivity index (χ2v) is 5.39. The average molecular weight is 284 g/mol. The van der Waals surface area contributed by atoms with Gasteiger partial charge in [0.2, 0.25) is 0 Å². The Bertz CT molecular complexity index is 712. The summed E-state index contributed by atoms with van der Waals surface area (Å²) in [4.78, 5) is -0.323. The first kappa shape index (κ1) is 13.5. The molecule has 0 N–H and O–H groups in total. The molecule has 6 heteroatoms. The highest BCUT2D eigenvalue weighted by Gasteiger charge is 2.21. The Kier molecular flexibility index (Phi) is 3.53. The molecule has 19 heavy (non-hydrogen) atoms. The van der Waals surface area contributed by atoms with Crippen LogP contribution in [0.1, 0.15) is 5.56 Å². The van der Waals surface area contributed by atoms with Crippen molar-refractivity contribution < 1.29 is 21.4 Å². The maximum Gasteiger partial charge on any atom is 0.339 e. The summed E-state index contributed by atoms with van der Waals surface area (Å²) in [5, 5.41) is 0. The first-order valence-electron chi connectivity index (χ1n) is 5.35. The number of para-hydroxylation sites is 1. The van der Waals surface area contributed by atoms with E-state index in [1.54, 1.807) is 0 Å². The fourth-order valence-electron chi connectivity index (χ4n) is 1.52. The van der Waals surface area contributed by atoms with Gasteiger partial charge in [-0.05, 0) is 36.8 Å². The summed E-state index contributed by atoms with van der Waals surface area (Å²) < 4.78 is 55.1. The minimum absolute atomic E-state index is 0.317. The molecule has 0 fully saturated rings. The van der Waals surface area contributed by atoms with Crippen LogP contribution in [0.5, 0.6) is 5.75 Å². The van der Waals surface area contributed by atoms with Gasteiger partial charge in [-0.3, -0.25) is 0 Å². The number of rotatable bonds is 3. The summed E-state index contributed by atoms with van der Waals surface area (Å²) in [7, 11) is -4.27. The standard InChI is InChI=1S/C13H10F2O3S/c1-9-6-7-10(14)8-13(9)19(16,17)18-12-5-3-2-4-11(12)15/h2-8H,1H3. The predicted molar refractivity (Wildman–Crippen MR) is 65.4 cm³/mol. The van der Waals surface area contributed by atoms with Crippen LogP contribution in [0.3, 0.4) is 0 Å². The van der Waals surface area contributed by atoms with Crippen molar-refractivity contribution in [2.24, 2.45) is 0 Å². The van der Waals surface area contributed by atoms with Crippen LogP contribution < -0.4 is 4.18 Å². The van der Waals surface area contributed by atoms with Gasteiger partial charge in [0.25, 0.3) is 0 Å². The molecule has 0 saturated heterocycles. The van der Waals surface area contributed by atoms with E-state index in [-0.39, 0.29) is 4.90 Å². The molecule has 3 nitrogen and oxygen atoms in total. The second kappa shape index (κ2) is 4.97. The monoisotopic (exact) mass is 284 g/mol. The van der Waals surface area contributed by atoms with Crippen molar-refractivity contribution in [2.75, 3.05) is 0 Å². The minimum atomic E-state index is -4.27. The van der Waals surface area contributed by atoms with Crippen LogP contribution >= 0.6 is 0 Å². The highest BCUT2D eigenvalue weighted by Crippen LogP contribution is 2.23. The lowest BCUT2D eigenvalue weighted by Gasteiger charge is -2.09. The molecule has 0 aliphatic carbocycles. The summed E-state index contributed by atoms with van der Waals surface area (Å²) in [5.74, 6) is -1.94. The molecule has 0 radical (unpaired) electrons. The molecule has 2 aromatic rings. The summed E-state index contributed by atoms with van der Waals surface area (Å²) in [6, 6.07) is 8.38. The zero-order valence-corrected chi connectivity index (χ0v) is 10.7. The highest BCUT2D eigenvalue weighted by molar-refractivity contribution is 7.87. The van der Waals surface area contributed by atoms with Crippen molar-refractivity contribution in [2.45, 2.75) is 11.8 Å². The molecule has 2 rings (SSSR count). The molecule has 0 saturated carbocycles. The number of aryl methyl sites for hydroxylation is 1. The van der Waals surface area contributed by atoms with Crippen molar-refractivity contribution in [3.63, 3.8) is 0 Å². The lowest BCUT2D eigenvalue weighted by Crippen LogP contribution is -2.12. The van der Waals surface area contributed by atoms with Gasteiger partial charge in [0.1, 0.15) is 10.7 Å². The van der Waals surface area contributed by atoms with Crippen LogP contribution in [0.15, 0.2) is 47.4 Å². The van der Waals surface area contributed by atoms with E-state index in [0.29, 0.717) is 5.56 Å². The maximum atomic E-state index is 13.4. The molecule has 0 unspecified atom stereocenters. The highest BCUT2D eigenvalue weighted by atomic mass is 32.2. The first-order chi connectivity index (χ1) is 8.90. The Morgan fingerprint density at radius 3 is 2.42 bits per heavy atom. The second-order valence-electron chi connectivity index (χ2n) is 3.88. The molecule has 0 heterocycles. The van der Waals surface area contributed by atoms with Gasteiger partial charge in [0, 0.05) is 0 Å². The van der Waals surface area contributed by atoms with Crippen molar-refractivity contribution >= 4 is 10.1 Å². The van der Waals surface area contributed by atoms with Gasteiger partial charge in [0.15, 0.2) is 11.6 Å². The van der Waals surface area contributed by atoms with Gasteiger partial charge in [0.05, 0.1) is 0 Å². The zero-order chi connectivity index (χ0) is 14.0. The molecule has 0 aliphatic rings. The van der Waals surface area contributed by atoms with Crippen molar-refractivity contribution in [3.05, 3.63) is 59.7 Å². The van der Waals surface area contributed by atoms with Crippen molar-refractivity contribution in [1.82, 2.24) is 0 Å². The largest absolute Gasteiger partial charge is 0.376 e. The van der Waals surface area contributed by atoms with Crippen LogP contribution in [0.25, 0.3) is 0 Å². The van der Waals surface area contributed by atoms with Crippen LogP contribution in [-0.2, 0) is 10.1 Å². The Hall–Kier alpha value is -1.95. The lowest BCUT2D eigenvalue weighted by molar-refractivity contribution is 0.460. The van der Waals surface area contributed by atoms with Crippen LogP contribution in [0.4, 0.5) is 8.78 Å². The van der Waals surface area contributed by atoms with Crippen LogP contribution in [0, 0.1) is 18.6 Å². The molecule has 0 bridgehead atoms. The lowest BCUT2D eigenvalue weighted by atomic mass is 10.2. The van der Waals surface area contributed by atoms with E-state index >= 15 is 0 Å². The SMILES string of the molecule is Cc1ccc(F)cc1S(=O)(=O)Oc1ccccc1F. The van der Waals surface area contributed by atoms with Gasteiger partial charge >= 0.3 is 10.1 Å². The average Bonchev–Trinajstić information content (AvgIpc) is 2.35. The number of hydrogen-bond donors (Lipinski definition) is 0. The first-order valence-corrected chi connectivity index (χ1v) is 6.76. The van der Waals surface area contributed by atoms with Crippen molar-refractivity contribution in [3.8, 4) is 5.75 Å². The van der Waals surface area contributed by atoms with Gasteiger partial charge < -0.3 is 4.18 Å². The Labute approximate surface area is 109 Å². The van der Waals surface area contributed by atoms with Crippen LogP contribution in [-0.4, -0.2) is 8.42 Å². The smallest absolute Gasteiger partial charge is 0.339 e. The molecular weight excluding hydrogens is 274 g/mol. The van der Waals surface area contributed by atoms with E-state index in [9.17, 15) is 17.2 Å². The van der Waals surface area contributed by atoms with Gasteiger partial charge in [-0.15, -0.1) is 0 Å². The molecule has 2 aromatic carbocycles. The quantitative estimate of drug-likeness (QED) is 0.814. The normalized spacial score (nSPS) is 11.3. The Morgan fingerprint density at radius 1 is 1.05 bits per heavy atom. The maximum absolute atomic E-state index is 13.4. The third kappa shape index (κ3) is 2.90. The third-order valence-electron chi connectivity index (χ3n) is 2.46. The Balaban J connectivity index is 2.44. The fraction of sp³-hybridized carbons (Fsp3) is 0.0769. The molecule has 0 spiro atoms. The van der Waals surface area contributed by atoms with E-state index in [2.05, 4.69) is 4.18 Å². The van der Waals surface area contributed by atoms with Crippen molar-refractivity contribution in [1.29, 1.82) is 0 Å². The molecule has 0 aliphatic heterocycles. The zero-order valence-electron chi connectivity index (χ0n) is 9.93. The summed E-state index contributed by atoms with van der Waals surface area (Å²) in [6.45, 7) is 1.50. The molecular formula is C13H10F2O3S. The summed E-state index contributed by atoms with van der Waals surface area (Å²) in [6.07, 6.45) is 0. The van der Waals surface area contributed by atoms with Gasteiger partial charge in [-0.2, -0.15) is 8.42 Å². The minimum Gasteiger partial charge on any atom is -0.376 e. The van der Waals surface area contributed by atoms with Crippen LogP contribution in [0.2, 0.25) is 0 Å². The summed E-state index contributed by atoms with van der Waals surface area (Å²) >= 11 is 0. The van der Waals surface area contributed by atoms with E-state index in [0.717, 1.165) is 18.2 Å². The molecule has 100 valence electrons. The van der Waals surface area contributed by atoms with E-state index in [1.807, 2.05) is 0 Å². The number of benzene rings is 2.